The van der Waals surface area contributed by atoms with Crippen molar-refractivity contribution in [1.29, 1.82) is 0 Å². The van der Waals surface area contributed by atoms with E-state index in [0.717, 1.165) is 11.3 Å². The first-order chi connectivity index (χ1) is 12.0. The first kappa shape index (κ1) is 16.1. The van der Waals surface area contributed by atoms with Gasteiger partial charge in [-0.25, -0.2) is 15.1 Å². The first-order valence-corrected chi connectivity index (χ1v) is 7.42. The first-order valence-electron chi connectivity index (χ1n) is 7.42. The van der Waals surface area contributed by atoms with E-state index >= 15 is 0 Å². The number of hydrogen-bond acceptors (Lipinski definition) is 4. The number of carboxylic acids is 1. The minimum Gasteiger partial charge on any atom is -0.478 e. The van der Waals surface area contributed by atoms with Crippen LogP contribution in [0.15, 0.2) is 60.8 Å². The molecule has 0 unspecified atom stereocenters. The van der Waals surface area contributed by atoms with Gasteiger partial charge in [0.25, 0.3) is 0 Å². The number of aromatic amines is 1. The van der Waals surface area contributed by atoms with E-state index in [1.54, 1.807) is 48.7 Å². The molecule has 0 radical (unpaired) electrons. The molecule has 3 rings (SSSR count). The van der Waals surface area contributed by atoms with E-state index in [1.165, 1.54) is 12.1 Å². The molecule has 25 heavy (non-hydrogen) atoms. The van der Waals surface area contributed by atoms with E-state index in [1.807, 2.05) is 0 Å². The number of benzene rings is 2. The molecule has 7 nitrogen and oxygen atoms in total. The number of carbonyl (C=O) groups is 2. The fraction of sp³-hybridized carbons (Fsp3) is 0. The van der Waals surface area contributed by atoms with Gasteiger partial charge in [-0.1, -0.05) is 17.1 Å². The Balaban J connectivity index is 1.81. The molecule has 3 aromatic rings. The standard InChI is InChI=1S/C18H14N4O3/c19-16(23)12-5-7-14(8-6-12)21-18-20-10-9-15(22-18)11-1-3-13(4-2-11)17(24)25/h1-10H,(H2,19,23)(H,24,25)(H,20,21,22)/p+1. The Bertz CT molecular complexity index is 922. The quantitative estimate of drug-likeness (QED) is 0.659. The average Bonchev–Trinajstić information content (AvgIpc) is 2.62. The molecular weight excluding hydrogens is 320 g/mol. The van der Waals surface area contributed by atoms with Crippen molar-refractivity contribution < 1.29 is 19.7 Å². The second kappa shape index (κ2) is 6.79. The summed E-state index contributed by atoms with van der Waals surface area (Å²) in [6.07, 6.45) is 1.73. The van der Waals surface area contributed by atoms with Crippen molar-refractivity contribution in [3.05, 3.63) is 71.9 Å². The van der Waals surface area contributed by atoms with Crippen LogP contribution in [-0.4, -0.2) is 22.0 Å². The van der Waals surface area contributed by atoms with Crippen LogP contribution in [0.2, 0.25) is 0 Å². The number of carbonyl (C=O) groups excluding carboxylic acids is 1. The van der Waals surface area contributed by atoms with Crippen LogP contribution in [0.5, 0.6) is 0 Å². The number of aromatic nitrogens is 2. The van der Waals surface area contributed by atoms with Crippen LogP contribution in [0.4, 0.5) is 11.6 Å². The van der Waals surface area contributed by atoms with E-state index in [0.29, 0.717) is 17.2 Å². The number of nitrogens with zero attached hydrogens (tertiary/aromatic N) is 1. The van der Waals surface area contributed by atoms with E-state index in [-0.39, 0.29) is 5.56 Å². The number of hydrogen-bond donors (Lipinski definition) is 3. The number of amides is 1. The lowest BCUT2D eigenvalue weighted by atomic mass is 10.1. The summed E-state index contributed by atoms with van der Waals surface area (Å²) in [4.78, 5) is 29.4. The molecule has 0 saturated carbocycles. The Hall–Kier alpha value is -3.74. The van der Waals surface area contributed by atoms with Gasteiger partial charge in [0.15, 0.2) is 5.69 Å². The maximum atomic E-state index is 11.1. The minimum atomic E-state index is -0.970. The highest BCUT2D eigenvalue weighted by atomic mass is 16.4. The molecule has 0 atom stereocenters. The number of primary amides is 1. The predicted octanol–water partition coefficient (Wildman–Crippen LogP) is 2.10. The van der Waals surface area contributed by atoms with Gasteiger partial charge in [0, 0.05) is 17.2 Å². The summed E-state index contributed by atoms with van der Waals surface area (Å²) in [5.74, 6) is -0.947. The third-order valence-electron chi connectivity index (χ3n) is 3.55. The zero-order chi connectivity index (χ0) is 17.8. The largest absolute Gasteiger partial charge is 0.478 e. The zero-order valence-electron chi connectivity index (χ0n) is 13.1. The van der Waals surface area contributed by atoms with Crippen LogP contribution in [0, 0.1) is 0 Å². The smallest absolute Gasteiger partial charge is 0.394 e. The van der Waals surface area contributed by atoms with Crippen molar-refractivity contribution in [2.75, 3.05) is 5.32 Å². The van der Waals surface area contributed by atoms with Gasteiger partial charge in [-0.15, -0.1) is 0 Å². The molecule has 0 bridgehead atoms. The summed E-state index contributed by atoms with van der Waals surface area (Å²) >= 11 is 0. The fourth-order valence-corrected chi connectivity index (χ4v) is 2.25. The van der Waals surface area contributed by atoms with Crippen LogP contribution >= 0.6 is 0 Å². The van der Waals surface area contributed by atoms with Crippen molar-refractivity contribution in [1.82, 2.24) is 4.98 Å². The molecular formula is C18H15N4O3+. The number of rotatable bonds is 5. The molecule has 1 aromatic heterocycles. The van der Waals surface area contributed by atoms with Crippen LogP contribution in [0.25, 0.3) is 11.3 Å². The van der Waals surface area contributed by atoms with Crippen molar-refractivity contribution in [3.63, 3.8) is 0 Å². The van der Waals surface area contributed by atoms with Gasteiger partial charge in [-0.3, -0.25) is 4.79 Å². The number of H-pyrrole nitrogens is 1. The van der Waals surface area contributed by atoms with Gasteiger partial charge in [0.05, 0.1) is 17.4 Å². The van der Waals surface area contributed by atoms with Crippen LogP contribution in [0.3, 0.4) is 0 Å². The molecule has 0 fully saturated rings. The van der Waals surface area contributed by atoms with Gasteiger partial charge < -0.3 is 10.8 Å². The molecule has 0 saturated heterocycles. The summed E-state index contributed by atoms with van der Waals surface area (Å²) in [6, 6.07) is 15.0. The monoisotopic (exact) mass is 335 g/mol. The molecule has 0 aliphatic rings. The minimum absolute atomic E-state index is 0.221. The Labute approximate surface area is 143 Å². The maximum Gasteiger partial charge on any atom is 0.394 e. The van der Waals surface area contributed by atoms with Crippen LogP contribution in [-0.2, 0) is 0 Å². The second-order valence-corrected chi connectivity index (χ2v) is 5.27. The number of nitrogens with one attached hydrogen (secondary N) is 2. The Morgan fingerprint density at radius 2 is 1.60 bits per heavy atom. The Morgan fingerprint density at radius 3 is 2.20 bits per heavy atom. The summed E-state index contributed by atoms with van der Waals surface area (Å²) < 4.78 is 0. The van der Waals surface area contributed by atoms with E-state index in [2.05, 4.69) is 15.3 Å². The van der Waals surface area contributed by atoms with Crippen molar-refractivity contribution in [3.8, 4) is 11.3 Å². The summed E-state index contributed by atoms with van der Waals surface area (Å²) in [5.41, 5.74) is 8.09. The number of carboxylic acid groups (broad SMARTS) is 1. The highest BCUT2D eigenvalue weighted by Crippen LogP contribution is 2.19. The lowest BCUT2D eigenvalue weighted by molar-refractivity contribution is -0.364. The topological polar surface area (TPSA) is 119 Å². The lowest BCUT2D eigenvalue weighted by Gasteiger charge is -2.02. The molecule has 124 valence electrons. The zero-order valence-corrected chi connectivity index (χ0v) is 13.1. The molecule has 1 amide bonds. The summed E-state index contributed by atoms with van der Waals surface area (Å²) in [7, 11) is 0. The van der Waals surface area contributed by atoms with Gasteiger partial charge in [-0.05, 0) is 36.4 Å². The Morgan fingerprint density at radius 1 is 0.960 bits per heavy atom. The van der Waals surface area contributed by atoms with Crippen LogP contribution < -0.4 is 16.0 Å². The van der Waals surface area contributed by atoms with Gasteiger partial charge in [-0.2, -0.15) is 0 Å². The van der Waals surface area contributed by atoms with Crippen molar-refractivity contribution in [2.45, 2.75) is 0 Å². The van der Waals surface area contributed by atoms with Crippen molar-refractivity contribution >= 4 is 23.5 Å². The highest BCUT2D eigenvalue weighted by molar-refractivity contribution is 5.93. The van der Waals surface area contributed by atoms with Gasteiger partial charge in [0.2, 0.25) is 5.91 Å². The summed E-state index contributed by atoms with van der Waals surface area (Å²) in [6.45, 7) is 0. The molecule has 0 aliphatic heterocycles. The van der Waals surface area contributed by atoms with Gasteiger partial charge >= 0.3 is 11.9 Å². The van der Waals surface area contributed by atoms with Gasteiger partial charge in [0.1, 0.15) is 0 Å². The lowest BCUT2D eigenvalue weighted by Crippen LogP contribution is -2.13. The van der Waals surface area contributed by atoms with E-state index in [9.17, 15) is 9.59 Å². The Kier molecular flexibility index (Phi) is 4.38. The maximum absolute atomic E-state index is 11.1. The molecule has 5 N–H and O–H groups in total. The second-order valence-electron chi connectivity index (χ2n) is 5.27. The number of aromatic carboxylic acids is 1. The highest BCUT2D eigenvalue weighted by Gasteiger charge is 2.11. The average molecular weight is 335 g/mol. The van der Waals surface area contributed by atoms with Crippen molar-refractivity contribution in [2.24, 2.45) is 5.73 Å². The number of anilines is 2. The molecule has 1 heterocycles. The van der Waals surface area contributed by atoms with E-state index < -0.39 is 11.9 Å². The summed E-state index contributed by atoms with van der Waals surface area (Å²) in [5, 5.41) is 12.0. The molecule has 7 heteroatoms. The third kappa shape index (κ3) is 3.78. The molecule has 2 aromatic carbocycles. The normalized spacial score (nSPS) is 10.2. The molecule has 0 spiro atoms. The third-order valence-corrected chi connectivity index (χ3v) is 3.55. The number of nitrogens with two attached hydrogens (primary N) is 1. The molecule has 0 aliphatic carbocycles. The SMILES string of the molecule is NC(=O)c1ccc(Nc2nc(-c3ccc(C(=O)O)cc3)cc[nH+]2)cc1. The van der Waals surface area contributed by atoms with E-state index in [4.69, 9.17) is 10.8 Å². The van der Waals surface area contributed by atoms with Crippen LogP contribution in [0.1, 0.15) is 20.7 Å². The predicted molar refractivity (Wildman–Crippen MR) is 91.4 cm³/mol. The fourth-order valence-electron chi connectivity index (χ4n) is 2.25.